The normalized spacial score (nSPS) is 25.7. The Kier molecular flexibility index (Phi) is 3.04. The lowest BCUT2D eigenvalue weighted by Gasteiger charge is -2.31. The molecule has 1 saturated carbocycles. The van der Waals surface area contributed by atoms with E-state index in [0.29, 0.717) is 36.8 Å². The topological polar surface area (TPSA) is 74.7 Å². The number of aliphatic carboxylic acids is 1. The predicted octanol–water partition coefficient (Wildman–Crippen LogP) is 1.93. The highest BCUT2D eigenvalue weighted by molar-refractivity contribution is 6.21. The Morgan fingerprint density at radius 2 is 1.50 bits per heavy atom. The number of amides is 2. The fraction of sp³-hybridized carbons (Fsp3) is 0.400. The number of carboxylic acid groups (broad SMARTS) is 1. The molecule has 0 bridgehead atoms. The highest BCUT2D eigenvalue weighted by Gasteiger charge is 2.41. The average molecular weight is 273 g/mol. The first-order valence-electron chi connectivity index (χ1n) is 6.79. The van der Waals surface area contributed by atoms with Crippen LogP contribution in [0.4, 0.5) is 0 Å². The maximum absolute atomic E-state index is 12.3. The molecule has 0 aromatic heterocycles. The van der Waals surface area contributed by atoms with Crippen LogP contribution in [-0.4, -0.2) is 33.8 Å². The van der Waals surface area contributed by atoms with Crippen molar-refractivity contribution in [2.24, 2.45) is 5.92 Å². The number of imide groups is 1. The summed E-state index contributed by atoms with van der Waals surface area (Å²) in [7, 11) is 0. The van der Waals surface area contributed by atoms with Crippen molar-refractivity contribution in [3.8, 4) is 0 Å². The van der Waals surface area contributed by atoms with Gasteiger partial charge < -0.3 is 5.11 Å². The van der Waals surface area contributed by atoms with E-state index < -0.39 is 5.97 Å². The van der Waals surface area contributed by atoms with Gasteiger partial charge in [0.1, 0.15) is 0 Å². The van der Waals surface area contributed by atoms with Crippen molar-refractivity contribution in [2.75, 3.05) is 0 Å². The van der Waals surface area contributed by atoms with E-state index in [0.717, 1.165) is 0 Å². The van der Waals surface area contributed by atoms with Crippen LogP contribution in [0.3, 0.4) is 0 Å². The lowest BCUT2D eigenvalue weighted by molar-refractivity contribution is -0.143. The van der Waals surface area contributed by atoms with Gasteiger partial charge in [-0.1, -0.05) is 12.1 Å². The zero-order valence-electron chi connectivity index (χ0n) is 10.9. The van der Waals surface area contributed by atoms with Crippen molar-refractivity contribution in [1.82, 2.24) is 4.90 Å². The molecule has 1 aromatic carbocycles. The third-order valence-electron chi connectivity index (χ3n) is 4.24. The number of rotatable bonds is 2. The molecule has 1 fully saturated rings. The van der Waals surface area contributed by atoms with Gasteiger partial charge in [-0.2, -0.15) is 0 Å². The van der Waals surface area contributed by atoms with Gasteiger partial charge in [0.2, 0.25) is 0 Å². The first-order chi connectivity index (χ1) is 9.59. The highest BCUT2D eigenvalue weighted by Crippen LogP contribution is 2.33. The molecule has 5 nitrogen and oxygen atoms in total. The quantitative estimate of drug-likeness (QED) is 0.835. The molecule has 2 amide bonds. The number of hydrogen-bond acceptors (Lipinski definition) is 3. The van der Waals surface area contributed by atoms with Gasteiger partial charge in [0.25, 0.3) is 11.8 Å². The molecule has 104 valence electrons. The first-order valence-corrected chi connectivity index (χ1v) is 6.79. The number of carboxylic acids is 1. The Bertz CT molecular complexity index is 552. The monoisotopic (exact) mass is 273 g/mol. The van der Waals surface area contributed by atoms with E-state index >= 15 is 0 Å². The number of nitrogens with zero attached hydrogens (tertiary/aromatic N) is 1. The minimum atomic E-state index is -0.786. The maximum atomic E-state index is 12.3. The van der Waals surface area contributed by atoms with E-state index in [9.17, 15) is 14.4 Å². The zero-order chi connectivity index (χ0) is 14.3. The average Bonchev–Trinajstić information content (AvgIpc) is 2.72. The van der Waals surface area contributed by atoms with Crippen LogP contribution < -0.4 is 0 Å². The van der Waals surface area contributed by atoms with Crippen molar-refractivity contribution in [2.45, 2.75) is 31.7 Å². The Morgan fingerprint density at radius 3 is 1.95 bits per heavy atom. The van der Waals surface area contributed by atoms with Crippen LogP contribution >= 0.6 is 0 Å². The minimum Gasteiger partial charge on any atom is -0.481 e. The largest absolute Gasteiger partial charge is 0.481 e. The zero-order valence-corrected chi connectivity index (χ0v) is 10.9. The van der Waals surface area contributed by atoms with Crippen molar-refractivity contribution >= 4 is 17.8 Å². The Labute approximate surface area is 116 Å². The van der Waals surface area contributed by atoms with E-state index in [2.05, 4.69) is 0 Å². The molecule has 1 N–H and O–H groups in total. The third-order valence-corrected chi connectivity index (χ3v) is 4.24. The lowest BCUT2D eigenvalue weighted by Crippen LogP contribution is -2.42. The summed E-state index contributed by atoms with van der Waals surface area (Å²) < 4.78 is 0. The maximum Gasteiger partial charge on any atom is 0.306 e. The molecule has 1 aliphatic heterocycles. The molecule has 0 unspecified atom stereocenters. The van der Waals surface area contributed by atoms with Crippen molar-refractivity contribution < 1.29 is 19.5 Å². The Balaban J connectivity index is 1.79. The summed E-state index contributed by atoms with van der Waals surface area (Å²) in [5.41, 5.74) is 0.913. The van der Waals surface area contributed by atoms with Crippen LogP contribution in [0, 0.1) is 5.92 Å². The summed E-state index contributed by atoms with van der Waals surface area (Å²) in [5, 5.41) is 8.99. The summed E-state index contributed by atoms with van der Waals surface area (Å²) in [5.74, 6) is -1.62. The van der Waals surface area contributed by atoms with Gasteiger partial charge in [0.05, 0.1) is 17.0 Å². The van der Waals surface area contributed by atoms with Crippen molar-refractivity contribution in [3.05, 3.63) is 35.4 Å². The molecule has 1 aromatic rings. The second-order valence-electron chi connectivity index (χ2n) is 5.37. The molecule has 1 aliphatic carbocycles. The van der Waals surface area contributed by atoms with Gasteiger partial charge in [0, 0.05) is 6.04 Å². The third kappa shape index (κ3) is 1.90. The number of hydrogen-bond donors (Lipinski definition) is 1. The number of benzene rings is 1. The molecule has 2 aliphatic rings. The molecule has 0 radical (unpaired) electrons. The molecular weight excluding hydrogens is 258 g/mol. The summed E-state index contributed by atoms with van der Waals surface area (Å²) in [6, 6.07) is 6.65. The standard InChI is InChI=1S/C15H15NO4/c17-13-11-3-1-2-4-12(11)14(18)16(13)10-7-5-9(6-8-10)15(19)20/h1-4,9-10H,5-8H2,(H,19,20). The van der Waals surface area contributed by atoms with Gasteiger partial charge in [-0.05, 0) is 37.8 Å². The smallest absolute Gasteiger partial charge is 0.306 e. The van der Waals surface area contributed by atoms with E-state index in [4.69, 9.17) is 5.11 Å². The number of carbonyl (C=O) groups is 3. The highest BCUT2D eigenvalue weighted by atomic mass is 16.4. The summed E-state index contributed by atoms with van der Waals surface area (Å²) >= 11 is 0. The van der Waals surface area contributed by atoms with Gasteiger partial charge in [-0.3, -0.25) is 19.3 Å². The van der Waals surface area contributed by atoms with Crippen LogP contribution in [0.15, 0.2) is 24.3 Å². The Hall–Kier alpha value is -2.17. The lowest BCUT2D eigenvalue weighted by atomic mass is 9.85. The Morgan fingerprint density at radius 1 is 1.00 bits per heavy atom. The fourth-order valence-electron chi connectivity index (χ4n) is 3.12. The summed E-state index contributed by atoms with van der Waals surface area (Å²) in [6.45, 7) is 0. The first kappa shape index (κ1) is 12.8. The molecule has 5 heteroatoms. The minimum absolute atomic E-state index is 0.169. The predicted molar refractivity (Wildman–Crippen MR) is 70.3 cm³/mol. The van der Waals surface area contributed by atoms with E-state index in [1.54, 1.807) is 24.3 Å². The van der Waals surface area contributed by atoms with Crippen LogP contribution in [0.5, 0.6) is 0 Å². The molecular formula is C15H15NO4. The molecule has 0 spiro atoms. The van der Waals surface area contributed by atoms with Crippen LogP contribution in [0.1, 0.15) is 46.4 Å². The van der Waals surface area contributed by atoms with Crippen molar-refractivity contribution in [3.63, 3.8) is 0 Å². The van der Waals surface area contributed by atoms with E-state index in [-0.39, 0.29) is 23.8 Å². The summed E-state index contributed by atoms with van der Waals surface area (Å²) in [4.78, 5) is 36.9. The van der Waals surface area contributed by atoms with Crippen molar-refractivity contribution in [1.29, 1.82) is 0 Å². The fourth-order valence-corrected chi connectivity index (χ4v) is 3.12. The van der Waals surface area contributed by atoms with Gasteiger partial charge in [0.15, 0.2) is 0 Å². The van der Waals surface area contributed by atoms with Crippen LogP contribution in [0.25, 0.3) is 0 Å². The number of fused-ring (bicyclic) bond motifs is 1. The second-order valence-corrected chi connectivity index (χ2v) is 5.37. The molecule has 0 atom stereocenters. The molecule has 20 heavy (non-hydrogen) atoms. The number of carbonyl (C=O) groups excluding carboxylic acids is 2. The second kappa shape index (κ2) is 4.74. The molecule has 0 saturated heterocycles. The van der Waals surface area contributed by atoms with E-state index in [1.807, 2.05) is 0 Å². The van der Waals surface area contributed by atoms with Gasteiger partial charge in [-0.25, -0.2) is 0 Å². The molecule has 3 rings (SSSR count). The van der Waals surface area contributed by atoms with Crippen LogP contribution in [-0.2, 0) is 4.79 Å². The van der Waals surface area contributed by atoms with E-state index in [1.165, 1.54) is 4.90 Å². The summed E-state index contributed by atoms with van der Waals surface area (Å²) in [6.07, 6.45) is 2.19. The van der Waals surface area contributed by atoms with Gasteiger partial charge in [-0.15, -0.1) is 0 Å². The SMILES string of the molecule is O=C(O)C1CCC(N2C(=O)c3ccccc3C2=O)CC1. The van der Waals surface area contributed by atoms with Gasteiger partial charge >= 0.3 is 5.97 Å². The van der Waals surface area contributed by atoms with Crippen LogP contribution in [0.2, 0.25) is 0 Å². The molecule has 1 heterocycles.